The fraction of sp³-hybridized carbons (Fsp3) is 0.667. The van der Waals surface area contributed by atoms with Crippen LogP contribution in [0.4, 0.5) is 0 Å². The van der Waals surface area contributed by atoms with Gasteiger partial charge < -0.3 is 24.5 Å². The lowest BCUT2D eigenvalue weighted by Gasteiger charge is -2.25. The number of aliphatic hydroxyl groups excluding tert-OH is 1. The minimum Gasteiger partial charge on any atom is -0.392 e. The minimum absolute atomic E-state index is 0.504. The highest BCUT2D eigenvalue weighted by Crippen LogP contribution is 2.35. The predicted molar refractivity (Wildman–Crippen MR) is 98.2 cm³/mol. The van der Waals surface area contributed by atoms with Crippen LogP contribution in [0.25, 0.3) is 0 Å². The molecule has 0 fully saturated rings. The summed E-state index contributed by atoms with van der Waals surface area (Å²) in [7, 11) is -4.54. The lowest BCUT2D eigenvalue weighted by atomic mass is 10.1. The third-order valence-corrected chi connectivity index (χ3v) is 4.10. The van der Waals surface area contributed by atoms with E-state index < -0.39 is 43.9 Å². The summed E-state index contributed by atoms with van der Waals surface area (Å²) in [5, 5.41) is 18.2. The number of aliphatic hydroxyl groups is 1. The molecule has 1 heterocycles. The fourth-order valence-corrected chi connectivity index (χ4v) is 2.38. The molecule has 0 radical (unpaired) electrons. The Labute approximate surface area is 157 Å². The van der Waals surface area contributed by atoms with Gasteiger partial charge in [0.05, 0.1) is 13.2 Å². The molecule has 0 aliphatic rings. The zero-order valence-electron chi connectivity index (χ0n) is 15.7. The van der Waals surface area contributed by atoms with Crippen molar-refractivity contribution >= 4 is 7.60 Å². The van der Waals surface area contributed by atoms with Crippen LogP contribution >= 0.6 is 7.60 Å². The van der Waals surface area contributed by atoms with Crippen LogP contribution < -0.4 is 11.2 Å². The van der Waals surface area contributed by atoms with Crippen molar-refractivity contribution in [1.29, 1.82) is 5.26 Å². The summed E-state index contributed by atoms with van der Waals surface area (Å²) in [6.07, 6.45) is -0.0109. The van der Waals surface area contributed by atoms with Crippen LogP contribution in [0, 0.1) is 11.3 Å². The molecule has 0 bridgehead atoms. The van der Waals surface area contributed by atoms with Gasteiger partial charge >= 0.3 is 13.3 Å². The van der Waals surface area contributed by atoms with Gasteiger partial charge in [-0.3, -0.25) is 18.9 Å². The van der Waals surface area contributed by atoms with Crippen LogP contribution in [0.5, 0.6) is 0 Å². The number of nitriles is 1. The van der Waals surface area contributed by atoms with E-state index in [9.17, 15) is 19.3 Å². The van der Waals surface area contributed by atoms with E-state index in [4.69, 9.17) is 19.8 Å². The molecule has 1 aromatic rings. The molecule has 0 spiro atoms. The second kappa shape index (κ2) is 11.8. The lowest BCUT2D eigenvalue weighted by Crippen LogP contribution is -2.44. The minimum atomic E-state index is -4.54. The van der Waals surface area contributed by atoms with Gasteiger partial charge in [-0.1, -0.05) is 20.8 Å². The normalized spacial score (nSPS) is 13.4. The van der Waals surface area contributed by atoms with E-state index in [1.807, 2.05) is 4.98 Å². The summed E-state index contributed by atoms with van der Waals surface area (Å²) in [5.41, 5.74) is -3.50. The highest BCUT2D eigenvalue weighted by molar-refractivity contribution is 7.51. The van der Waals surface area contributed by atoms with Gasteiger partial charge in [-0.05, 0) is 19.6 Å². The molecule has 1 rings (SSSR count). The van der Waals surface area contributed by atoms with E-state index in [-0.39, 0.29) is 0 Å². The number of rotatable bonds is 9. The number of ether oxygens (including phenoxy) is 1. The first-order valence-corrected chi connectivity index (χ1v) is 10.1. The highest BCUT2D eigenvalue weighted by atomic mass is 31.2. The molecule has 0 aliphatic heterocycles. The Morgan fingerprint density at radius 1 is 1.30 bits per heavy atom. The number of aromatic nitrogens is 2. The van der Waals surface area contributed by atoms with Crippen molar-refractivity contribution in [2.75, 3.05) is 32.6 Å². The molecule has 0 amide bonds. The summed E-state index contributed by atoms with van der Waals surface area (Å²) in [6.45, 7) is 8.73. The maximum atomic E-state index is 11.5. The van der Waals surface area contributed by atoms with E-state index in [2.05, 4.69) is 25.7 Å². The van der Waals surface area contributed by atoms with Crippen LogP contribution in [0.2, 0.25) is 0 Å². The SMILES string of the molecule is CCN(CC)CC.N#CC(CO)(Cn1ccc(=O)[nH]c1=O)OCP(=O)(O)O. The fourth-order valence-electron chi connectivity index (χ4n) is 1.97. The van der Waals surface area contributed by atoms with E-state index >= 15 is 0 Å². The molecule has 1 aromatic heterocycles. The van der Waals surface area contributed by atoms with Gasteiger partial charge in [0.1, 0.15) is 6.07 Å². The molecule has 0 aromatic carbocycles. The van der Waals surface area contributed by atoms with E-state index in [0.29, 0.717) is 0 Å². The Kier molecular flexibility index (Phi) is 11.0. The van der Waals surface area contributed by atoms with Gasteiger partial charge in [-0.2, -0.15) is 5.26 Å². The first kappa shape index (κ1) is 25.2. The third kappa shape index (κ3) is 9.63. The number of aromatic amines is 1. The lowest BCUT2D eigenvalue weighted by molar-refractivity contribution is -0.0356. The van der Waals surface area contributed by atoms with Gasteiger partial charge in [0, 0.05) is 12.3 Å². The topological polar surface area (TPSA) is 169 Å². The van der Waals surface area contributed by atoms with Crippen molar-refractivity contribution in [3.63, 3.8) is 0 Å². The third-order valence-electron chi connectivity index (χ3n) is 3.63. The van der Waals surface area contributed by atoms with Crippen LogP contribution in [0.1, 0.15) is 20.8 Å². The standard InChI is InChI=1S/C9H12N3O7P.C6H15N/c10-3-9(5-13,19-6-20(16,17)18)4-12-2-1-7(14)11-8(12)15;1-4-7(5-2)6-3/h1-2,13H,4-6H2,(H,11,14,15)(H2,16,17,18);4-6H2,1-3H3. The molecule has 1 atom stereocenters. The Morgan fingerprint density at radius 3 is 2.19 bits per heavy atom. The van der Waals surface area contributed by atoms with Crippen molar-refractivity contribution in [2.45, 2.75) is 32.9 Å². The van der Waals surface area contributed by atoms with E-state index in [0.717, 1.165) is 16.8 Å². The van der Waals surface area contributed by atoms with Crippen molar-refractivity contribution in [2.24, 2.45) is 0 Å². The second-order valence-electron chi connectivity index (χ2n) is 5.56. The molecule has 0 aliphatic carbocycles. The molecular formula is C15H27N4O7P. The average Bonchev–Trinajstić information content (AvgIpc) is 2.62. The van der Waals surface area contributed by atoms with Crippen molar-refractivity contribution in [3.05, 3.63) is 33.1 Å². The predicted octanol–water partition coefficient (Wildman–Crippen LogP) is -0.709. The Morgan fingerprint density at radius 2 is 1.85 bits per heavy atom. The largest absolute Gasteiger partial charge is 0.392 e. The zero-order valence-corrected chi connectivity index (χ0v) is 16.6. The summed E-state index contributed by atoms with van der Waals surface area (Å²) >= 11 is 0. The first-order chi connectivity index (χ1) is 12.6. The van der Waals surface area contributed by atoms with Gasteiger partial charge in [0.25, 0.3) is 5.56 Å². The van der Waals surface area contributed by atoms with Crippen LogP contribution in [-0.2, 0) is 15.8 Å². The van der Waals surface area contributed by atoms with Crippen LogP contribution in [0.3, 0.4) is 0 Å². The summed E-state index contributed by atoms with van der Waals surface area (Å²) in [4.78, 5) is 44.1. The van der Waals surface area contributed by atoms with Gasteiger partial charge in [-0.15, -0.1) is 0 Å². The molecule has 154 valence electrons. The first-order valence-electron chi connectivity index (χ1n) is 8.29. The van der Waals surface area contributed by atoms with Crippen LogP contribution in [0.15, 0.2) is 21.9 Å². The summed E-state index contributed by atoms with van der Waals surface area (Å²) in [5.74, 6) is 0. The number of hydrogen-bond acceptors (Lipinski definition) is 7. The number of nitrogens with zero attached hydrogens (tertiary/aromatic N) is 3. The maximum Gasteiger partial charge on any atom is 0.351 e. The molecule has 4 N–H and O–H groups in total. The number of hydrogen-bond donors (Lipinski definition) is 4. The van der Waals surface area contributed by atoms with Crippen molar-refractivity contribution < 1.29 is 24.2 Å². The zero-order chi connectivity index (χ0) is 21.1. The molecule has 12 heteroatoms. The molecule has 11 nitrogen and oxygen atoms in total. The maximum absolute atomic E-state index is 11.5. The molecule has 0 saturated carbocycles. The Balaban J connectivity index is 0.000000821. The number of nitrogens with one attached hydrogen (secondary N) is 1. The average molecular weight is 406 g/mol. The highest BCUT2D eigenvalue weighted by Gasteiger charge is 2.34. The molecule has 27 heavy (non-hydrogen) atoms. The van der Waals surface area contributed by atoms with Crippen LogP contribution in [-0.4, -0.2) is 67.5 Å². The summed E-state index contributed by atoms with van der Waals surface area (Å²) < 4.78 is 16.4. The summed E-state index contributed by atoms with van der Waals surface area (Å²) in [6, 6.07) is 2.58. The van der Waals surface area contributed by atoms with Crippen molar-refractivity contribution in [3.8, 4) is 6.07 Å². The van der Waals surface area contributed by atoms with E-state index in [1.54, 1.807) is 6.07 Å². The molecule has 1 unspecified atom stereocenters. The molecular weight excluding hydrogens is 379 g/mol. The van der Waals surface area contributed by atoms with Crippen molar-refractivity contribution in [1.82, 2.24) is 14.5 Å². The Bertz CT molecular complexity index is 757. The quantitative estimate of drug-likeness (QED) is 0.387. The van der Waals surface area contributed by atoms with Gasteiger partial charge in [-0.25, -0.2) is 4.79 Å². The van der Waals surface area contributed by atoms with Gasteiger partial charge in [0.15, 0.2) is 11.9 Å². The monoisotopic (exact) mass is 406 g/mol. The van der Waals surface area contributed by atoms with E-state index in [1.165, 1.54) is 19.6 Å². The Hall–Kier alpha value is -1.80. The molecule has 0 saturated heterocycles. The number of H-pyrrole nitrogens is 1. The van der Waals surface area contributed by atoms with Gasteiger partial charge in [0.2, 0.25) is 0 Å². The second-order valence-corrected chi connectivity index (χ2v) is 7.15. The smallest absolute Gasteiger partial charge is 0.351 e.